The lowest BCUT2D eigenvalue weighted by molar-refractivity contribution is 0.102. The SMILES string of the molecule is COc1cc(C(=O)Nc2cc(-c3ccncc3)[nH]n2)cc(OC)c1OC. The van der Waals surface area contributed by atoms with Crippen molar-refractivity contribution in [3.8, 4) is 28.5 Å². The Hall–Kier alpha value is -3.55. The summed E-state index contributed by atoms with van der Waals surface area (Å²) in [4.78, 5) is 16.5. The van der Waals surface area contributed by atoms with E-state index in [-0.39, 0.29) is 5.91 Å². The molecular formula is C18H18N4O4. The van der Waals surface area contributed by atoms with E-state index < -0.39 is 0 Å². The number of rotatable bonds is 6. The average molecular weight is 354 g/mol. The van der Waals surface area contributed by atoms with Crippen molar-refractivity contribution >= 4 is 11.7 Å². The first-order valence-electron chi connectivity index (χ1n) is 7.73. The van der Waals surface area contributed by atoms with Crippen LogP contribution in [0.1, 0.15) is 10.4 Å². The third kappa shape index (κ3) is 3.44. The fourth-order valence-corrected chi connectivity index (χ4v) is 2.47. The normalized spacial score (nSPS) is 10.3. The van der Waals surface area contributed by atoms with Crippen LogP contribution in [0, 0.1) is 0 Å². The van der Waals surface area contributed by atoms with Crippen LogP contribution in [0.5, 0.6) is 17.2 Å². The molecule has 8 nitrogen and oxygen atoms in total. The van der Waals surface area contributed by atoms with Crippen LogP contribution in [0.3, 0.4) is 0 Å². The summed E-state index contributed by atoms with van der Waals surface area (Å²) in [7, 11) is 4.49. The molecule has 0 bridgehead atoms. The maximum absolute atomic E-state index is 12.6. The number of hydrogen-bond acceptors (Lipinski definition) is 6. The molecule has 2 N–H and O–H groups in total. The Morgan fingerprint density at radius 2 is 1.65 bits per heavy atom. The summed E-state index contributed by atoms with van der Waals surface area (Å²) in [5, 5.41) is 9.73. The zero-order valence-corrected chi connectivity index (χ0v) is 14.6. The second-order valence-electron chi connectivity index (χ2n) is 5.27. The first-order chi connectivity index (χ1) is 12.7. The Balaban J connectivity index is 1.83. The number of anilines is 1. The lowest BCUT2D eigenvalue weighted by Crippen LogP contribution is -2.13. The van der Waals surface area contributed by atoms with E-state index in [0.717, 1.165) is 11.3 Å². The molecule has 0 aliphatic rings. The molecule has 1 amide bonds. The first-order valence-corrected chi connectivity index (χ1v) is 7.73. The van der Waals surface area contributed by atoms with Crippen LogP contribution in [0.4, 0.5) is 5.82 Å². The number of hydrogen-bond donors (Lipinski definition) is 2. The third-order valence-electron chi connectivity index (χ3n) is 3.74. The van der Waals surface area contributed by atoms with Crippen LogP contribution < -0.4 is 19.5 Å². The van der Waals surface area contributed by atoms with Gasteiger partial charge in [0, 0.05) is 29.6 Å². The number of nitrogens with one attached hydrogen (secondary N) is 2. The van der Waals surface area contributed by atoms with Crippen molar-refractivity contribution in [3.63, 3.8) is 0 Å². The molecule has 0 aliphatic carbocycles. The quantitative estimate of drug-likeness (QED) is 0.706. The molecule has 2 aromatic heterocycles. The van der Waals surface area contributed by atoms with E-state index in [2.05, 4.69) is 20.5 Å². The van der Waals surface area contributed by atoms with Crippen LogP contribution >= 0.6 is 0 Å². The molecule has 0 saturated heterocycles. The second-order valence-corrected chi connectivity index (χ2v) is 5.27. The number of carbonyl (C=O) groups excluding carboxylic acids is 1. The van der Waals surface area contributed by atoms with E-state index in [1.807, 2.05) is 12.1 Å². The number of benzene rings is 1. The summed E-state index contributed by atoms with van der Waals surface area (Å²) in [6.07, 6.45) is 3.37. The fraction of sp³-hybridized carbons (Fsp3) is 0.167. The Morgan fingerprint density at radius 1 is 1.00 bits per heavy atom. The number of methoxy groups -OCH3 is 3. The van der Waals surface area contributed by atoms with Gasteiger partial charge in [0.05, 0.1) is 27.0 Å². The van der Waals surface area contributed by atoms with E-state index in [4.69, 9.17) is 14.2 Å². The monoisotopic (exact) mass is 354 g/mol. The van der Waals surface area contributed by atoms with Crippen LogP contribution in [-0.2, 0) is 0 Å². The molecule has 1 aromatic carbocycles. The molecule has 0 unspecified atom stereocenters. The van der Waals surface area contributed by atoms with Gasteiger partial charge in [-0.3, -0.25) is 14.9 Å². The van der Waals surface area contributed by atoms with Crippen molar-refractivity contribution in [2.75, 3.05) is 26.6 Å². The highest BCUT2D eigenvalue weighted by Crippen LogP contribution is 2.38. The van der Waals surface area contributed by atoms with Crippen molar-refractivity contribution in [3.05, 3.63) is 48.3 Å². The lowest BCUT2D eigenvalue weighted by atomic mass is 10.1. The zero-order chi connectivity index (χ0) is 18.5. The minimum absolute atomic E-state index is 0.350. The molecule has 134 valence electrons. The maximum Gasteiger partial charge on any atom is 0.257 e. The van der Waals surface area contributed by atoms with Crippen molar-refractivity contribution in [2.24, 2.45) is 0 Å². The van der Waals surface area contributed by atoms with Gasteiger partial charge in [-0.2, -0.15) is 5.10 Å². The summed E-state index contributed by atoms with van der Waals surface area (Å²) in [5.74, 6) is 1.27. The van der Waals surface area contributed by atoms with E-state index in [9.17, 15) is 4.79 Å². The van der Waals surface area contributed by atoms with Crippen molar-refractivity contribution in [2.45, 2.75) is 0 Å². The van der Waals surface area contributed by atoms with Gasteiger partial charge in [0.2, 0.25) is 5.75 Å². The average Bonchev–Trinajstić information content (AvgIpc) is 3.15. The van der Waals surface area contributed by atoms with Crippen molar-refractivity contribution in [1.29, 1.82) is 0 Å². The molecule has 0 spiro atoms. The number of ether oxygens (including phenoxy) is 3. The number of nitrogens with zero attached hydrogens (tertiary/aromatic N) is 2. The zero-order valence-electron chi connectivity index (χ0n) is 14.6. The van der Waals surface area contributed by atoms with Gasteiger partial charge in [0.1, 0.15) is 0 Å². The number of H-pyrrole nitrogens is 1. The number of aromatic nitrogens is 3. The Morgan fingerprint density at radius 3 is 2.23 bits per heavy atom. The summed E-state index contributed by atoms with van der Waals surface area (Å²) < 4.78 is 15.8. The van der Waals surface area contributed by atoms with Gasteiger partial charge in [0.25, 0.3) is 5.91 Å². The van der Waals surface area contributed by atoms with Crippen LogP contribution in [0.2, 0.25) is 0 Å². The second kappa shape index (κ2) is 7.56. The number of amides is 1. The molecule has 3 aromatic rings. The molecule has 0 aliphatic heterocycles. The molecule has 0 radical (unpaired) electrons. The standard InChI is InChI=1S/C18H18N4O4/c1-24-14-8-12(9-15(25-2)17(14)26-3)18(23)20-16-10-13(21-22-16)11-4-6-19-7-5-11/h4-10H,1-3H3,(H2,20,21,22,23). The van der Waals surface area contributed by atoms with Crippen LogP contribution in [0.25, 0.3) is 11.3 Å². The predicted molar refractivity (Wildman–Crippen MR) is 95.9 cm³/mol. The van der Waals surface area contributed by atoms with E-state index in [0.29, 0.717) is 28.6 Å². The Kier molecular flexibility index (Phi) is 5.02. The van der Waals surface area contributed by atoms with Gasteiger partial charge in [-0.15, -0.1) is 0 Å². The predicted octanol–water partition coefficient (Wildman–Crippen LogP) is 2.75. The molecule has 0 saturated carbocycles. The summed E-state index contributed by atoms with van der Waals surface area (Å²) in [6.45, 7) is 0. The smallest absolute Gasteiger partial charge is 0.257 e. The van der Waals surface area contributed by atoms with Crippen LogP contribution in [-0.4, -0.2) is 42.4 Å². The summed E-state index contributed by atoms with van der Waals surface area (Å²) in [5.41, 5.74) is 2.04. The van der Waals surface area contributed by atoms with E-state index in [1.165, 1.54) is 21.3 Å². The molecule has 3 rings (SSSR count). The van der Waals surface area contributed by atoms with Gasteiger partial charge in [-0.1, -0.05) is 0 Å². The molecule has 26 heavy (non-hydrogen) atoms. The maximum atomic E-state index is 12.6. The number of carbonyl (C=O) groups is 1. The highest BCUT2D eigenvalue weighted by molar-refractivity contribution is 6.04. The molecule has 0 fully saturated rings. The largest absolute Gasteiger partial charge is 0.493 e. The minimum Gasteiger partial charge on any atom is -0.493 e. The van der Waals surface area contributed by atoms with Gasteiger partial charge in [0.15, 0.2) is 17.3 Å². The Labute approximate surface area is 150 Å². The lowest BCUT2D eigenvalue weighted by Gasteiger charge is -2.13. The number of aromatic amines is 1. The highest BCUT2D eigenvalue weighted by atomic mass is 16.5. The first kappa shape index (κ1) is 17.3. The van der Waals surface area contributed by atoms with E-state index in [1.54, 1.807) is 30.6 Å². The number of pyridine rings is 1. The Bertz CT molecular complexity index is 884. The van der Waals surface area contributed by atoms with E-state index >= 15 is 0 Å². The topological polar surface area (TPSA) is 98.4 Å². The highest BCUT2D eigenvalue weighted by Gasteiger charge is 2.17. The van der Waals surface area contributed by atoms with Gasteiger partial charge in [-0.05, 0) is 24.3 Å². The van der Waals surface area contributed by atoms with Gasteiger partial charge < -0.3 is 19.5 Å². The summed E-state index contributed by atoms with van der Waals surface area (Å²) >= 11 is 0. The van der Waals surface area contributed by atoms with Crippen molar-refractivity contribution in [1.82, 2.24) is 15.2 Å². The summed E-state index contributed by atoms with van der Waals surface area (Å²) in [6, 6.07) is 8.59. The van der Waals surface area contributed by atoms with Gasteiger partial charge in [-0.25, -0.2) is 0 Å². The van der Waals surface area contributed by atoms with Crippen LogP contribution in [0.15, 0.2) is 42.7 Å². The third-order valence-corrected chi connectivity index (χ3v) is 3.74. The molecule has 2 heterocycles. The fourth-order valence-electron chi connectivity index (χ4n) is 2.47. The van der Waals surface area contributed by atoms with Crippen molar-refractivity contribution < 1.29 is 19.0 Å². The molecular weight excluding hydrogens is 336 g/mol. The molecule has 0 atom stereocenters. The minimum atomic E-state index is -0.350. The molecule has 8 heteroatoms. The van der Waals surface area contributed by atoms with Gasteiger partial charge >= 0.3 is 0 Å².